The van der Waals surface area contributed by atoms with Gasteiger partial charge in [0.25, 0.3) is 0 Å². The van der Waals surface area contributed by atoms with Gasteiger partial charge in [0, 0.05) is 5.39 Å². The molecule has 1 aromatic heterocycles. The Kier molecular flexibility index (Phi) is 5.00. The Labute approximate surface area is 170 Å². The zero-order chi connectivity index (χ0) is 19.6. The lowest BCUT2D eigenvalue weighted by molar-refractivity contribution is -0.109. The molecule has 0 bridgehead atoms. The molecule has 5 rings (SSSR count). The van der Waals surface area contributed by atoms with Crippen LogP contribution in [0.15, 0.2) is 60.7 Å². The third-order valence-electron chi connectivity index (χ3n) is 5.94. The van der Waals surface area contributed by atoms with Gasteiger partial charge in [0.1, 0.15) is 12.4 Å². The summed E-state index contributed by atoms with van der Waals surface area (Å²) in [5, 5.41) is 2.97. The minimum Gasteiger partial charge on any atom is -0.487 e. The van der Waals surface area contributed by atoms with Crippen molar-refractivity contribution in [2.45, 2.75) is 44.6 Å². The highest BCUT2D eigenvalue weighted by atomic mass is 16.8. The number of hydrogen-bond donors (Lipinski definition) is 0. The minimum atomic E-state index is -0.393. The van der Waals surface area contributed by atoms with Gasteiger partial charge in [-0.1, -0.05) is 49.2 Å². The quantitative estimate of drug-likeness (QED) is 0.429. The Hall–Kier alpha value is -2.76. The van der Waals surface area contributed by atoms with Crippen LogP contribution in [0.4, 0.5) is 0 Å². The Bertz CT molecular complexity index is 998. The van der Waals surface area contributed by atoms with Gasteiger partial charge in [-0.3, -0.25) is 9.63 Å². The summed E-state index contributed by atoms with van der Waals surface area (Å²) in [7, 11) is 0. The molecule has 0 amide bonds. The molecule has 0 N–H and O–H groups in total. The molecule has 3 atom stereocenters. The molecule has 1 aliphatic heterocycles. The van der Waals surface area contributed by atoms with E-state index in [-0.39, 0.29) is 6.04 Å². The van der Waals surface area contributed by atoms with E-state index in [1.807, 2.05) is 41.5 Å². The maximum absolute atomic E-state index is 11.1. The molecule has 2 aromatic carbocycles. The molecule has 148 valence electrons. The van der Waals surface area contributed by atoms with Crippen molar-refractivity contribution >= 4 is 17.2 Å². The summed E-state index contributed by atoms with van der Waals surface area (Å²) in [5.41, 5.74) is 3.06. The normalized spacial score (nSPS) is 22.5. The van der Waals surface area contributed by atoms with Gasteiger partial charge in [-0.25, -0.2) is 4.98 Å². The van der Waals surface area contributed by atoms with Gasteiger partial charge in [0.05, 0.1) is 17.3 Å². The van der Waals surface area contributed by atoms with Crippen LogP contribution in [0.5, 0.6) is 5.75 Å². The molecule has 2 aliphatic rings. The molecule has 1 saturated heterocycles. The molecule has 29 heavy (non-hydrogen) atoms. The zero-order valence-electron chi connectivity index (χ0n) is 16.2. The average Bonchev–Trinajstić information content (AvgIpc) is 3.34. The highest BCUT2D eigenvalue weighted by molar-refractivity contribution is 5.78. The molecule has 0 spiro atoms. The number of fused-ring (bicyclic) bond motifs is 1. The van der Waals surface area contributed by atoms with Crippen LogP contribution in [-0.2, 0) is 16.2 Å². The molecule has 0 radical (unpaired) electrons. The number of hydrogen-bond acceptors (Lipinski definition) is 5. The SMILES string of the molecule is O=CC1ON1C(c1ccc(OCc2ccc3ccccc3n2)cc1)C1CCCC1. The lowest BCUT2D eigenvalue weighted by Gasteiger charge is -2.23. The van der Waals surface area contributed by atoms with E-state index in [0.717, 1.165) is 28.6 Å². The predicted octanol–water partition coefficient (Wildman–Crippen LogP) is 4.82. The van der Waals surface area contributed by atoms with E-state index < -0.39 is 6.23 Å². The van der Waals surface area contributed by atoms with E-state index in [9.17, 15) is 4.79 Å². The summed E-state index contributed by atoms with van der Waals surface area (Å²) in [6.07, 6.45) is 5.34. The van der Waals surface area contributed by atoms with Crippen molar-refractivity contribution < 1.29 is 14.4 Å². The van der Waals surface area contributed by atoms with E-state index in [1.54, 1.807) is 0 Å². The van der Waals surface area contributed by atoms with Crippen molar-refractivity contribution in [3.63, 3.8) is 0 Å². The number of hydroxylamine groups is 2. The molecule has 2 heterocycles. The van der Waals surface area contributed by atoms with Crippen molar-refractivity contribution in [3.05, 3.63) is 71.9 Å². The highest BCUT2D eigenvalue weighted by Crippen LogP contribution is 2.45. The van der Waals surface area contributed by atoms with Gasteiger partial charge in [-0.15, -0.1) is 5.06 Å². The highest BCUT2D eigenvalue weighted by Gasteiger charge is 2.46. The van der Waals surface area contributed by atoms with Gasteiger partial charge in [0.15, 0.2) is 6.29 Å². The summed E-state index contributed by atoms with van der Waals surface area (Å²) < 4.78 is 5.96. The smallest absolute Gasteiger partial charge is 0.210 e. The van der Waals surface area contributed by atoms with Crippen LogP contribution in [0.3, 0.4) is 0 Å². The van der Waals surface area contributed by atoms with E-state index in [0.29, 0.717) is 12.5 Å². The average molecular weight is 388 g/mol. The number of nitrogens with zero attached hydrogens (tertiary/aromatic N) is 2. The second kappa shape index (κ2) is 7.93. The van der Waals surface area contributed by atoms with Crippen LogP contribution in [-0.4, -0.2) is 22.6 Å². The van der Waals surface area contributed by atoms with Gasteiger partial charge >= 0.3 is 0 Å². The number of pyridine rings is 1. The fraction of sp³-hybridized carbons (Fsp3) is 0.333. The van der Waals surface area contributed by atoms with Crippen LogP contribution in [0, 0.1) is 5.92 Å². The van der Waals surface area contributed by atoms with Crippen LogP contribution in [0.2, 0.25) is 0 Å². The first kappa shape index (κ1) is 18.3. The van der Waals surface area contributed by atoms with Crippen LogP contribution >= 0.6 is 0 Å². The summed E-state index contributed by atoms with van der Waals surface area (Å²) >= 11 is 0. The fourth-order valence-electron chi connectivity index (χ4n) is 4.41. The Morgan fingerprint density at radius 1 is 1.07 bits per heavy atom. The number of aromatic nitrogens is 1. The van der Waals surface area contributed by atoms with E-state index >= 15 is 0 Å². The Balaban J connectivity index is 1.28. The second-order valence-corrected chi connectivity index (χ2v) is 7.83. The molecule has 1 saturated carbocycles. The summed E-state index contributed by atoms with van der Waals surface area (Å²) in [4.78, 5) is 21.2. The lowest BCUT2D eigenvalue weighted by atomic mass is 9.91. The minimum absolute atomic E-state index is 0.143. The van der Waals surface area contributed by atoms with E-state index in [2.05, 4.69) is 29.2 Å². The molecule has 3 unspecified atom stereocenters. The number of benzene rings is 2. The zero-order valence-corrected chi connectivity index (χ0v) is 16.2. The number of aldehydes is 1. The first-order valence-electron chi connectivity index (χ1n) is 10.3. The van der Waals surface area contributed by atoms with Gasteiger partial charge in [0.2, 0.25) is 6.23 Å². The fourth-order valence-corrected chi connectivity index (χ4v) is 4.41. The van der Waals surface area contributed by atoms with E-state index in [4.69, 9.17) is 9.57 Å². The maximum atomic E-state index is 11.1. The monoisotopic (exact) mass is 388 g/mol. The molecule has 5 nitrogen and oxygen atoms in total. The van der Waals surface area contributed by atoms with Crippen LogP contribution < -0.4 is 4.74 Å². The topological polar surface area (TPSA) is 54.7 Å². The number of para-hydroxylation sites is 1. The van der Waals surface area contributed by atoms with Crippen molar-refractivity contribution in [3.8, 4) is 5.75 Å². The van der Waals surface area contributed by atoms with Crippen LogP contribution in [0.25, 0.3) is 10.9 Å². The molecule has 3 aromatic rings. The summed E-state index contributed by atoms with van der Waals surface area (Å²) in [6, 6.07) is 20.5. The van der Waals surface area contributed by atoms with Gasteiger partial charge in [-0.2, -0.15) is 0 Å². The Morgan fingerprint density at radius 2 is 1.86 bits per heavy atom. The molecular formula is C24H24N2O3. The molecule has 1 aliphatic carbocycles. The molecule has 2 fully saturated rings. The standard InChI is InChI=1S/C24H24N2O3/c27-15-23-26(29-23)24(18-6-1-2-7-18)19-10-13-21(14-11-19)28-16-20-12-9-17-5-3-4-8-22(17)25-20/h3-5,8-15,18,23-24H,1-2,6-7,16H2. The third kappa shape index (κ3) is 3.88. The van der Waals surface area contributed by atoms with Crippen molar-refractivity contribution in [1.82, 2.24) is 10.0 Å². The number of rotatable bonds is 7. The van der Waals surface area contributed by atoms with E-state index in [1.165, 1.54) is 31.2 Å². The maximum Gasteiger partial charge on any atom is 0.210 e. The lowest BCUT2D eigenvalue weighted by Crippen LogP contribution is -2.20. The number of carbonyl (C=O) groups is 1. The molecular weight excluding hydrogens is 364 g/mol. The second-order valence-electron chi connectivity index (χ2n) is 7.83. The number of carbonyl (C=O) groups excluding carboxylic acids is 1. The molecule has 5 heteroatoms. The van der Waals surface area contributed by atoms with Crippen molar-refractivity contribution in [2.75, 3.05) is 0 Å². The first-order chi connectivity index (χ1) is 14.3. The largest absolute Gasteiger partial charge is 0.487 e. The predicted molar refractivity (Wildman–Crippen MR) is 110 cm³/mol. The van der Waals surface area contributed by atoms with Crippen molar-refractivity contribution in [2.24, 2.45) is 5.92 Å². The van der Waals surface area contributed by atoms with Crippen molar-refractivity contribution in [1.29, 1.82) is 0 Å². The first-order valence-corrected chi connectivity index (χ1v) is 10.3. The Morgan fingerprint density at radius 3 is 2.62 bits per heavy atom. The summed E-state index contributed by atoms with van der Waals surface area (Å²) in [5.74, 6) is 1.35. The van der Waals surface area contributed by atoms with Gasteiger partial charge in [-0.05, 0) is 48.6 Å². The number of ether oxygens (including phenoxy) is 1. The summed E-state index contributed by atoms with van der Waals surface area (Å²) in [6.45, 7) is 0.429. The third-order valence-corrected chi connectivity index (χ3v) is 5.94. The van der Waals surface area contributed by atoms with Gasteiger partial charge < -0.3 is 4.74 Å². The van der Waals surface area contributed by atoms with Crippen LogP contribution in [0.1, 0.15) is 43.0 Å².